The number of nitrogens with one attached hydrogen (secondary N) is 1. The summed E-state index contributed by atoms with van der Waals surface area (Å²) in [7, 11) is 0. The Labute approximate surface area is 229 Å². The van der Waals surface area contributed by atoms with Crippen molar-refractivity contribution >= 4 is 0 Å². The van der Waals surface area contributed by atoms with Crippen molar-refractivity contribution in [2.45, 2.75) is 45.4 Å². The summed E-state index contributed by atoms with van der Waals surface area (Å²) in [4.78, 5) is 2.56. The molecular weight excluding hydrogens is 464 g/mol. The molecule has 2 atom stereocenters. The molecule has 0 aromatic heterocycles. The van der Waals surface area contributed by atoms with Crippen molar-refractivity contribution in [3.05, 3.63) is 144 Å². The zero-order valence-corrected chi connectivity index (χ0v) is 22.7. The van der Waals surface area contributed by atoms with Gasteiger partial charge in [-0.25, -0.2) is 0 Å². The van der Waals surface area contributed by atoms with Crippen LogP contribution in [0.4, 0.5) is 0 Å². The minimum absolute atomic E-state index is 0.277. The van der Waals surface area contributed by atoms with Gasteiger partial charge in [0.25, 0.3) is 0 Å². The second-order valence-electron chi connectivity index (χ2n) is 10.3. The largest absolute Gasteiger partial charge is 0.381 e. The predicted molar refractivity (Wildman–Crippen MR) is 159 cm³/mol. The first-order valence-electron chi connectivity index (χ1n) is 14.0. The van der Waals surface area contributed by atoms with Crippen LogP contribution in [0.5, 0.6) is 0 Å². The topological polar surface area (TPSA) is 24.5 Å². The molecule has 0 amide bonds. The van der Waals surface area contributed by atoms with Gasteiger partial charge in [-0.1, -0.05) is 128 Å². The molecule has 3 nitrogen and oxygen atoms in total. The molecule has 3 heteroatoms. The van der Waals surface area contributed by atoms with Gasteiger partial charge in [-0.15, -0.1) is 0 Å². The highest BCUT2D eigenvalue weighted by Gasteiger charge is 2.13. The number of rotatable bonds is 16. The quantitative estimate of drug-likeness (QED) is 0.158. The van der Waals surface area contributed by atoms with Crippen LogP contribution in [0, 0.1) is 5.92 Å². The lowest BCUT2D eigenvalue weighted by atomic mass is 10.0. The molecular formula is C35H42N2O. The van der Waals surface area contributed by atoms with Crippen molar-refractivity contribution in [1.29, 1.82) is 0 Å². The molecule has 1 N–H and O–H groups in total. The smallest absolute Gasteiger partial charge is 0.0492 e. The van der Waals surface area contributed by atoms with E-state index in [0.717, 1.165) is 52.2 Å². The lowest BCUT2D eigenvalue weighted by molar-refractivity contribution is 0.0884. The third kappa shape index (κ3) is 9.90. The summed E-state index contributed by atoms with van der Waals surface area (Å²) in [6.45, 7) is 7.71. The van der Waals surface area contributed by atoms with Crippen molar-refractivity contribution in [1.82, 2.24) is 10.2 Å². The Hall–Kier alpha value is -3.24. The van der Waals surface area contributed by atoms with Crippen molar-refractivity contribution in [2.75, 3.05) is 19.8 Å². The maximum absolute atomic E-state index is 6.21. The predicted octanol–water partition coefficient (Wildman–Crippen LogP) is 7.65. The van der Waals surface area contributed by atoms with Crippen LogP contribution in [-0.4, -0.2) is 24.7 Å². The van der Waals surface area contributed by atoms with Gasteiger partial charge < -0.3 is 10.1 Å². The third-order valence-electron chi connectivity index (χ3n) is 6.99. The van der Waals surface area contributed by atoms with Crippen molar-refractivity contribution < 1.29 is 4.74 Å². The van der Waals surface area contributed by atoms with Gasteiger partial charge in [0.1, 0.15) is 0 Å². The molecule has 38 heavy (non-hydrogen) atoms. The Morgan fingerprint density at radius 1 is 0.632 bits per heavy atom. The minimum atomic E-state index is 0.277. The molecule has 0 radical (unpaired) electrons. The molecule has 0 aliphatic heterocycles. The number of ether oxygens (including phenoxy) is 1. The molecule has 4 rings (SSSR count). The van der Waals surface area contributed by atoms with Crippen LogP contribution in [0.25, 0.3) is 0 Å². The van der Waals surface area contributed by atoms with Gasteiger partial charge in [0.2, 0.25) is 0 Å². The Morgan fingerprint density at radius 2 is 1.13 bits per heavy atom. The second-order valence-corrected chi connectivity index (χ2v) is 10.3. The zero-order chi connectivity index (χ0) is 26.3. The van der Waals surface area contributed by atoms with Gasteiger partial charge in [-0.3, -0.25) is 4.90 Å². The van der Waals surface area contributed by atoms with Crippen LogP contribution in [0.3, 0.4) is 0 Å². The van der Waals surface area contributed by atoms with Crippen molar-refractivity contribution in [3.8, 4) is 0 Å². The average molecular weight is 507 g/mol. The molecule has 198 valence electrons. The maximum atomic E-state index is 6.21. The first-order chi connectivity index (χ1) is 18.8. The molecule has 0 fully saturated rings. The molecule has 0 spiro atoms. The zero-order valence-electron chi connectivity index (χ0n) is 22.7. The third-order valence-corrected chi connectivity index (χ3v) is 6.99. The first-order valence-corrected chi connectivity index (χ1v) is 14.0. The summed E-state index contributed by atoms with van der Waals surface area (Å²) < 4.78 is 6.21. The summed E-state index contributed by atoms with van der Waals surface area (Å²) in [6, 6.07) is 43.2. The molecule has 0 saturated heterocycles. The van der Waals surface area contributed by atoms with Gasteiger partial charge in [-0.05, 0) is 47.6 Å². The Kier molecular flexibility index (Phi) is 11.6. The highest BCUT2D eigenvalue weighted by molar-refractivity contribution is 5.20. The van der Waals surface area contributed by atoms with Crippen molar-refractivity contribution in [2.24, 2.45) is 5.92 Å². The summed E-state index contributed by atoms with van der Waals surface area (Å²) in [5.41, 5.74) is 5.35. The second kappa shape index (κ2) is 15.9. The Morgan fingerprint density at radius 3 is 1.68 bits per heavy atom. The van der Waals surface area contributed by atoms with E-state index >= 15 is 0 Å². The molecule has 4 aromatic carbocycles. The summed E-state index contributed by atoms with van der Waals surface area (Å²) >= 11 is 0. The SMILES string of the molecule is C[C@@H](CCN(Cc1ccccc1)Cc1ccccc1)COCC[C@@H](NCc1ccccc1)c1ccccc1. The average Bonchev–Trinajstić information content (AvgIpc) is 2.97. The van der Waals surface area contributed by atoms with E-state index in [-0.39, 0.29) is 6.04 Å². The van der Waals surface area contributed by atoms with E-state index in [4.69, 9.17) is 4.74 Å². The standard InChI is InChI=1S/C35H42N2O/c1-30(22-24-37(27-32-16-8-3-9-17-32)28-33-18-10-4-11-19-33)29-38-25-23-35(34-20-12-5-13-21-34)36-26-31-14-6-2-7-15-31/h2-21,30,35-36H,22-29H2,1H3/t30-,35+/m0/s1. The van der Waals surface area contributed by atoms with Crippen LogP contribution in [0.1, 0.15) is 48.1 Å². The number of hydrogen-bond acceptors (Lipinski definition) is 3. The Bertz CT molecular complexity index is 1090. The van der Waals surface area contributed by atoms with E-state index in [0.29, 0.717) is 5.92 Å². The Balaban J connectivity index is 1.23. The number of nitrogens with zero attached hydrogens (tertiary/aromatic N) is 1. The lowest BCUT2D eigenvalue weighted by Gasteiger charge is -2.25. The van der Waals surface area contributed by atoms with E-state index in [1.165, 1.54) is 22.3 Å². The molecule has 4 aromatic rings. The summed E-state index contributed by atoms with van der Waals surface area (Å²) in [6.07, 6.45) is 2.08. The molecule has 0 heterocycles. The van der Waals surface area contributed by atoms with Crippen LogP contribution >= 0.6 is 0 Å². The molecule has 0 bridgehead atoms. The van der Waals surface area contributed by atoms with Gasteiger partial charge in [0, 0.05) is 38.9 Å². The monoisotopic (exact) mass is 506 g/mol. The molecule has 0 aliphatic carbocycles. The molecule has 0 unspecified atom stereocenters. The fourth-order valence-corrected chi connectivity index (χ4v) is 4.78. The number of hydrogen-bond donors (Lipinski definition) is 1. The van der Waals surface area contributed by atoms with Gasteiger partial charge >= 0.3 is 0 Å². The maximum Gasteiger partial charge on any atom is 0.0492 e. The van der Waals surface area contributed by atoms with E-state index in [1.54, 1.807) is 0 Å². The van der Waals surface area contributed by atoms with Crippen LogP contribution < -0.4 is 5.32 Å². The van der Waals surface area contributed by atoms with Crippen LogP contribution in [-0.2, 0) is 24.4 Å². The van der Waals surface area contributed by atoms with Gasteiger partial charge in [0.15, 0.2) is 0 Å². The normalized spacial score (nSPS) is 12.9. The fraction of sp³-hybridized carbons (Fsp3) is 0.314. The summed E-state index contributed by atoms with van der Waals surface area (Å²) in [5.74, 6) is 0.511. The lowest BCUT2D eigenvalue weighted by Crippen LogP contribution is -2.26. The highest BCUT2D eigenvalue weighted by Crippen LogP contribution is 2.18. The van der Waals surface area contributed by atoms with Gasteiger partial charge in [0.05, 0.1) is 0 Å². The van der Waals surface area contributed by atoms with Crippen molar-refractivity contribution in [3.63, 3.8) is 0 Å². The first kappa shape index (κ1) is 27.8. The van der Waals surface area contributed by atoms with E-state index in [1.807, 2.05) is 0 Å². The summed E-state index contributed by atoms with van der Waals surface area (Å²) in [5, 5.41) is 3.74. The van der Waals surface area contributed by atoms with Crippen LogP contribution in [0.2, 0.25) is 0 Å². The minimum Gasteiger partial charge on any atom is -0.381 e. The van der Waals surface area contributed by atoms with E-state index in [9.17, 15) is 0 Å². The fourth-order valence-electron chi connectivity index (χ4n) is 4.78. The van der Waals surface area contributed by atoms with E-state index in [2.05, 4.69) is 138 Å². The number of benzene rings is 4. The molecule has 0 aliphatic rings. The highest BCUT2D eigenvalue weighted by atomic mass is 16.5. The van der Waals surface area contributed by atoms with E-state index < -0.39 is 0 Å². The van der Waals surface area contributed by atoms with Gasteiger partial charge in [-0.2, -0.15) is 0 Å². The molecule has 0 saturated carbocycles. The van der Waals surface area contributed by atoms with Crippen LogP contribution in [0.15, 0.2) is 121 Å².